The number of aromatic nitrogens is 1. The van der Waals surface area contributed by atoms with Crippen molar-refractivity contribution in [3.05, 3.63) is 41.6 Å². The number of hydrogen-bond donors (Lipinski definition) is 1. The Balaban J connectivity index is 2.72. The normalized spacial score (nSPS) is 10.6. The molecule has 0 atom stereocenters. The van der Waals surface area contributed by atoms with Gasteiger partial charge in [-0.05, 0) is 24.1 Å². The molecule has 0 aliphatic rings. The molecule has 0 aliphatic heterocycles. The van der Waals surface area contributed by atoms with Gasteiger partial charge in [-0.25, -0.2) is 0 Å². The van der Waals surface area contributed by atoms with E-state index in [1.54, 1.807) is 0 Å². The van der Waals surface area contributed by atoms with E-state index in [9.17, 15) is 0 Å². The molecule has 0 aliphatic carbocycles. The Kier molecular flexibility index (Phi) is 1.99. The molecule has 1 aromatic carbocycles. The van der Waals surface area contributed by atoms with Crippen molar-refractivity contribution in [3.8, 4) is 0 Å². The second-order valence-electron chi connectivity index (χ2n) is 3.19. The van der Waals surface area contributed by atoms with E-state index in [1.807, 2.05) is 12.3 Å². The van der Waals surface area contributed by atoms with Crippen molar-refractivity contribution >= 4 is 10.9 Å². The minimum Gasteiger partial charge on any atom is -0.326 e. The molecule has 0 spiro atoms. The number of pyridine rings is 1. The fourth-order valence-corrected chi connectivity index (χ4v) is 1.47. The Morgan fingerprint density at radius 1 is 1.38 bits per heavy atom. The molecule has 0 amide bonds. The molecule has 0 bridgehead atoms. The van der Waals surface area contributed by atoms with Crippen LogP contribution >= 0.6 is 0 Å². The molecule has 0 fully saturated rings. The van der Waals surface area contributed by atoms with Crippen molar-refractivity contribution in [3.63, 3.8) is 0 Å². The topological polar surface area (TPSA) is 38.9 Å². The van der Waals surface area contributed by atoms with Crippen molar-refractivity contribution in [2.45, 2.75) is 13.5 Å². The predicted octanol–water partition coefficient (Wildman–Crippen LogP) is 2.00. The molecule has 1 heterocycles. The van der Waals surface area contributed by atoms with Crippen LogP contribution in [0.1, 0.15) is 11.1 Å². The van der Waals surface area contributed by atoms with Gasteiger partial charge in [-0.1, -0.05) is 18.2 Å². The molecular formula is C11H12N2. The first-order chi connectivity index (χ1) is 6.31. The highest BCUT2D eigenvalue weighted by Crippen LogP contribution is 2.16. The van der Waals surface area contributed by atoms with Crippen molar-refractivity contribution < 1.29 is 0 Å². The van der Waals surface area contributed by atoms with Crippen LogP contribution in [0.2, 0.25) is 0 Å². The average molecular weight is 172 g/mol. The molecule has 0 unspecified atom stereocenters. The predicted molar refractivity (Wildman–Crippen MR) is 54.4 cm³/mol. The van der Waals surface area contributed by atoms with Crippen molar-refractivity contribution in [2.75, 3.05) is 0 Å². The largest absolute Gasteiger partial charge is 0.326 e. The maximum Gasteiger partial charge on any atom is 0.0731 e. The fraction of sp³-hybridized carbons (Fsp3) is 0.182. The number of nitrogens with two attached hydrogens (primary N) is 1. The van der Waals surface area contributed by atoms with Gasteiger partial charge in [0, 0.05) is 18.1 Å². The maximum absolute atomic E-state index is 5.54. The number of aryl methyl sites for hydroxylation is 1. The molecule has 2 N–H and O–H groups in total. The Hall–Kier alpha value is -1.41. The number of fused-ring (bicyclic) bond motifs is 1. The number of hydrogen-bond acceptors (Lipinski definition) is 2. The first-order valence-electron chi connectivity index (χ1n) is 4.35. The van der Waals surface area contributed by atoms with E-state index in [2.05, 4.69) is 30.1 Å². The third-order valence-corrected chi connectivity index (χ3v) is 2.21. The van der Waals surface area contributed by atoms with Gasteiger partial charge in [0.25, 0.3) is 0 Å². The van der Waals surface area contributed by atoms with Gasteiger partial charge in [0.1, 0.15) is 0 Å². The minimum atomic E-state index is 0.552. The van der Waals surface area contributed by atoms with E-state index in [-0.39, 0.29) is 0 Å². The zero-order valence-corrected chi connectivity index (χ0v) is 7.62. The maximum atomic E-state index is 5.54. The van der Waals surface area contributed by atoms with Crippen molar-refractivity contribution in [1.82, 2.24) is 4.98 Å². The molecule has 1 aromatic heterocycles. The summed E-state index contributed by atoms with van der Waals surface area (Å²) >= 11 is 0. The molecule has 13 heavy (non-hydrogen) atoms. The minimum absolute atomic E-state index is 0.552. The van der Waals surface area contributed by atoms with Crippen LogP contribution in [0.5, 0.6) is 0 Å². The molecule has 66 valence electrons. The highest BCUT2D eigenvalue weighted by molar-refractivity contribution is 5.81. The number of benzene rings is 1. The van der Waals surface area contributed by atoms with Crippen molar-refractivity contribution in [2.24, 2.45) is 5.73 Å². The smallest absolute Gasteiger partial charge is 0.0731 e. The zero-order valence-electron chi connectivity index (χ0n) is 7.62. The molecule has 0 saturated carbocycles. The summed E-state index contributed by atoms with van der Waals surface area (Å²) in [5, 5.41) is 1.17. The number of nitrogens with zero attached hydrogens (tertiary/aromatic N) is 1. The molecule has 0 saturated heterocycles. The summed E-state index contributed by atoms with van der Waals surface area (Å²) in [6.07, 6.45) is 1.84. The monoisotopic (exact) mass is 172 g/mol. The van der Waals surface area contributed by atoms with E-state index in [4.69, 9.17) is 5.73 Å². The van der Waals surface area contributed by atoms with E-state index < -0.39 is 0 Å². The standard InChI is InChI=1S/C11H12N2/c1-8-3-2-4-10-5-9(6-12)7-13-11(8)10/h2-5,7H,6,12H2,1H3. The second kappa shape index (κ2) is 3.15. The fourth-order valence-electron chi connectivity index (χ4n) is 1.47. The third-order valence-electron chi connectivity index (χ3n) is 2.21. The van der Waals surface area contributed by atoms with Crippen LogP contribution in [0.3, 0.4) is 0 Å². The van der Waals surface area contributed by atoms with Gasteiger partial charge in [0.2, 0.25) is 0 Å². The van der Waals surface area contributed by atoms with Gasteiger partial charge < -0.3 is 5.73 Å². The molecule has 2 nitrogen and oxygen atoms in total. The van der Waals surface area contributed by atoms with Crippen LogP contribution in [0.25, 0.3) is 10.9 Å². The Labute approximate surface area is 77.4 Å². The van der Waals surface area contributed by atoms with E-state index >= 15 is 0 Å². The van der Waals surface area contributed by atoms with Gasteiger partial charge >= 0.3 is 0 Å². The van der Waals surface area contributed by atoms with Gasteiger partial charge in [-0.3, -0.25) is 4.98 Å². The second-order valence-corrected chi connectivity index (χ2v) is 3.19. The molecular weight excluding hydrogens is 160 g/mol. The third kappa shape index (κ3) is 1.40. The molecule has 2 heteroatoms. The van der Waals surface area contributed by atoms with Gasteiger partial charge in [0.15, 0.2) is 0 Å². The van der Waals surface area contributed by atoms with Gasteiger partial charge in [0.05, 0.1) is 5.52 Å². The molecule has 2 aromatic rings. The van der Waals surface area contributed by atoms with Crippen LogP contribution in [-0.4, -0.2) is 4.98 Å². The van der Waals surface area contributed by atoms with Crippen LogP contribution in [0.4, 0.5) is 0 Å². The van der Waals surface area contributed by atoms with Gasteiger partial charge in [-0.15, -0.1) is 0 Å². The Morgan fingerprint density at radius 3 is 3.00 bits per heavy atom. The molecule has 0 radical (unpaired) electrons. The first kappa shape index (κ1) is 8.20. The molecule has 2 rings (SSSR count). The Bertz CT molecular complexity index is 435. The lowest BCUT2D eigenvalue weighted by Gasteiger charge is -2.02. The number of para-hydroxylation sites is 1. The van der Waals surface area contributed by atoms with Crippen LogP contribution < -0.4 is 5.73 Å². The van der Waals surface area contributed by atoms with Crippen LogP contribution in [-0.2, 0) is 6.54 Å². The summed E-state index contributed by atoms with van der Waals surface area (Å²) in [7, 11) is 0. The average Bonchev–Trinajstić information content (AvgIpc) is 2.18. The summed E-state index contributed by atoms with van der Waals surface area (Å²) in [6.45, 7) is 2.62. The van der Waals surface area contributed by atoms with Crippen molar-refractivity contribution in [1.29, 1.82) is 0 Å². The summed E-state index contributed by atoms with van der Waals surface area (Å²) in [4.78, 5) is 4.37. The van der Waals surface area contributed by atoms with Gasteiger partial charge in [-0.2, -0.15) is 0 Å². The zero-order chi connectivity index (χ0) is 9.26. The Morgan fingerprint density at radius 2 is 2.23 bits per heavy atom. The first-order valence-corrected chi connectivity index (χ1v) is 4.35. The summed E-state index contributed by atoms with van der Waals surface area (Å²) < 4.78 is 0. The lowest BCUT2D eigenvalue weighted by atomic mass is 10.1. The van der Waals surface area contributed by atoms with Crippen LogP contribution in [0, 0.1) is 6.92 Å². The van der Waals surface area contributed by atoms with E-state index in [1.165, 1.54) is 10.9 Å². The quantitative estimate of drug-likeness (QED) is 0.714. The highest BCUT2D eigenvalue weighted by Gasteiger charge is 1.98. The summed E-state index contributed by atoms with van der Waals surface area (Å²) in [5.41, 5.74) is 8.90. The van der Waals surface area contributed by atoms with E-state index in [0.29, 0.717) is 6.54 Å². The summed E-state index contributed by atoms with van der Waals surface area (Å²) in [6, 6.07) is 8.26. The van der Waals surface area contributed by atoms with Crippen LogP contribution in [0.15, 0.2) is 30.5 Å². The summed E-state index contributed by atoms with van der Waals surface area (Å²) in [5.74, 6) is 0. The highest BCUT2D eigenvalue weighted by atomic mass is 14.7. The lowest BCUT2D eigenvalue weighted by Crippen LogP contribution is -1.97. The van der Waals surface area contributed by atoms with E-state index in [0.717, 1.165) is 11.1 Å². The lowest BCUT2D eigenvalue weighted by molar-refractivity contribution is 1.06. The number of rotatable bonds is 1. The SMILES string of the molecule is Cc1cccc2cc(CN)cnc12.